The lowest BCUT2D eigenvalue weighted by Gasteiger charge is -2.37. The van der Waals surface area contributed by atoms with Crippen molar-refractivity contribution in [3.63, 3.8) is 0 Å². The van der Waals surface area contributed by atoms with Gasteiger partial charge in [-0.15, -0.1) is 0 Å². The van der Waals surface area contributed by atoms with E-state index >= 15 is 0 Å². The predicted octanol–water partition coefficient (Wildman–Crippen LogP) is 6.13. The van der Waals surface area contributed by atoms with Gasteiger partial charge in [0.2, 0.25) is 5.91 Å². The van der Waals surface area contributed by atoms with Crippen LogP contribution in [0.4, 0.5) is 24.5 Å². The molecule has 0 spiro atoms. The summed E-state index contributed by atoms with van der Waals surface area (Å²) in [6, 6.07) is 11.4. The van der Waals surface area contributed by atoms with Crippen molar-refractivity contribution < 1.29 is 27.6 Å². The molecule has 1 amide bonds. The van der Waals surface area contributed by atoms with Crippen LogP contribution in [0.15, 0.2) is 42.5 Å². The number of nitrogens with zero attached hydrogens (tertiary/aromatic N) is 4. The van der Waals surface area contributed by atoms with Gasteiger partial charge in [-0.3, -0.25) is 19.8 Å². The third kappa shape index (κ3) is 8.34. The summed E-state index contributed by atoms with van der Waals surface area (Å²) in [5.74, 6) is 0.000307. The summed E-state index contributed by atoms with van der Waals surface area (Å²) >= 11 is 0. The lowest BCUT2D eigenvalue weighted by molar-refractivity contribution is -0.388. The van der Waals surface area contributed by atoms with Crippen molar-refractivity contribution in [3.05, 3.63) is 63.7 Å². The Morgan fingerprint density at radius 1 is 0.976 bits per heavy atom. The largest absolute Gasteiger partial charge is 0.490 e. The number of rotatable bonds is 7. The minimum Gasteiger partial charge on any atom is -0.490 e. The third-order valence-electron chi connectivity index (χ3n) is 7.68. The smallest absolute Gasteiger partial charge is 0.423 e. The van der Waals surface area contributed by atoms with Crippen LogP contribution in [0.1, 0.15) is 58.6 Å². The van der Waals surface area contributed by atoms with Crippen molar-refractivity contribution in [1.29, 1.82) is 0 Å². The number of carbonyl (C=O) groups excluding carboxylic acids is 1. The van der Waals surface area contributed by atoms with Crippen LogP contribution in [0.2, 0.25) is 0 Å². The lowest BCUT2D eigenvalue weighted by Crippen LogP contribution is -2.48. The fourth-order valence-corrected chi connectivity index (χ4v) is 5.20. The Morgan fingerprint density at radius 3 is 2.12 bits per heavy atom. The number of hydrogen-bond acceptors (Lipinski definition) is 6. The molecule has 2 aliphatic rings. The minimum atomic E-state index is -4.86. The normalized spacial score (nSPS) is 17.2. The number of amides is 1. The molecule has 4 rings (SSSR count). The lowest BCUT2D eigenvalue weighted by atomic mass is 9.87. The number of nitro benzene ring substituents is 1. The predicted molar refractivity (Wildman–Crippen MR) is 153 cm³/mol. The molecule has 2 saturated heterocycles. The van der Waals surface area contributed by atoms with Gasteiger partial charge in [-0.25, -0.2) is 0 Å². The van der Waals surface area contributed by atoms with Crippen molar-refractivity contribution in [2.45, 2.75) is 65.2 Å². The standard InChI is InChI=1S/C29H37F3N4O4.CH4/c1-28(2,3)21-4-6-22(7-5-21)34-18-16-33(17-19-34)13-12-27(37)35-14-10-23(11-15-35)40-24-8-9-26(36(38)39)25(20-24)29(30,31)32;/h4-9,20,23H,10-19H2,1-3H3;1H4. The highest BCUT2D eigenvalue weighted by molar-refractivity contribution is 5.76. The fraction of sp³-hybridized carbons (Fsp3) is 0.567. The Labute approximate surface area is 240 Å². The summed E-state index contributed by atoms with van der Waals surface area (Å²) in [6.45, 7) is 11.8. The van der Waals surface area contributed by atoms with Gasteiger partial charge in [0.1, 0.15) is 17.4 Å². The first-order valence-electron chi connectivity index (χ1n) is 13.7. The highest BCUT2D eigenvalue weighted by Crippen LogP contribution is 2.38. The molecule has 0 unspecified atom stereocenters. The molecule has 0 bridgehead atoms. The van der Waals surface area contributed by atoms with Crippen molar-refractivity contribution >= 4 is 17.3 Å². The second-order valence-electron chi connectivity index (χ2n) is 11.5. The summed E-state index contributed by atoms with van der Waals surface area (Å²) in [4.78, 5) is 29.2. The summed E-state index contributed by atoms with van der Waals surface area (Å²) in [5, 5.41) is 11.0. The van der Waals surface area contributed by atoms with Crippen LogP contribution in [0.3, 0.4) is 0 Å². The van der Waals surface area contributed by atoms with Crippen molar-refractivity contribution in [2.24, 2.45) is 0 Å². The molecule has 41 heavy (non-hydrogen) atoms. The summed E-state index contributed by atoms with van der Waals surface area (Å²) < 4.78 is 45.5. The Balaban J connectivity index is 0.00000462. The number of benzene rings is 2. The Kier molecular flexibility index (Phi) is 10.3. The van der Waals surface area contributed by atoms with E-state index in [0.717, 1.165) is 32.2 Å². The molecule has 0 aliphatic carbocycles. The molecule has 0 N–H and O–H groups in total. The molecule has 226 valence electrons. The molecule has 2 fully saturated rings. The summed E-state index contributed by atoms with van der Waals surface area (Å²) in [6.07, 6.45) is -3.84. The van der Waals surface area contributed by atoms with Gasteiger partial charge in [-0.05, 0) is 35.2 Å². The topological polar surface area (TPSA) is 79.2 Å². The summed E-state index contributed by atoms with van der Waals surface area (Å²) in [7, 11) is 0. The number of alkyl halides is 3. The zero-order chi connectivity index (χ0) is 29.1. The van der Waals surface area contributed by atoms with Gasteiger partial charge in [0.15, 0.2) is 0 Å². The van der Waals surface area contributed by atoms with Crippen LogP contribution < -0.4 is 9.64 Å². The Bertz CT molecular complexity index is 1180. The molecule has 2 aliphatic heterocycles. The zero-order valence-corrected chi connectivity index (χ0v) is 23.2. The molecule has 2 heterocycles. The van der Waals surface area contributed by atoms with Gasteiger partial charge in [-0.2, -0.15) is 13.2 Å². The van der Waals surface area contributed by atoms with Crippen LogP contribution in [0.5, 0.6) is 5.75 Å². The maximum absolute atomic E-state index is 13.3. The molecule has 0 aromatic heterocycles. The minimum absolute atomic E-state index is 0. The average molecular weight is 579 g/mol. The second kappa shape index (κ2) is 13.1. The summed E-state index contributed by atoms with van der Waals surface area (Å²) in [5.41, 5.74) is 0.321. The number of piperidine rings is 1. The van der Waals surface area contributed by atoms with Gasteiger partial charge < -0.3 is 14.5 Å². The second-order valence-corrected chi connectivity index (χ2v) is 11.5. The van der Waals surface area contributed by atoms with Crippen LogP contribution in [0.25, 0.3) is 0 Å². The van der Waals surface area contributed by atoms with E-state index in [1.807, 2.05) is 0 Å². The molecule has 0 radical (unpaired) electrons. The molecule has 0 saturated carbocycles. The quantitative estimate of drug-likeness (QED) is 0.291. The number of anilines is 1. The molecular weight excluding hydrogens is 537 g/mol. The van der Waals surface area contributed by atoms with E-state index in [-0.39, 0.29) is 30.6 Å². The van der Waals surface area contributed by atoms with E-state index in [4.69, 9.17) is 4.74 Å². The van der Waals surface area contributed by atoms with Gasteiger partial charge in [0, 0.05) is 76.8 Å². The van der Waals surface area contributed by atoms with Crippen LogP contribution in [-0.4, -0.2) is 72.5 Å². The number of nitro groups is 1. The molecular formula is C30H41F3N4O4. The van der Waals surface area contributed by atoms with E-state index in [0.29, 0.717) is 45.0 Å². The Morgan fingerprint density at radius 2 is 1.59 bits per heavy atom. The first kappa shape index (κ1) is 32.2. The number of piperazine rings is 1. The van der Waals surface area contributed by atoms with Crippen molar-refractivity contribution in [2.75, 3.05) is 50.7 Å². The first-order valence-corrected chi connectivity index (χ1v) is 13.7. The molecule has 11 heteroatoms. The van der Waals surface area contributed by atoms with Gasteiger partial charge in [0.25, 0.3) is 5.69 Å². The maximum Gasteiger partial charge on any atom is 0.423 e. The SMILES string of the molecule is C.CC(C)(C)c1ccc(N2CCN(CCC(=O)N3CCC(Oc4ccc([N+](=O)[O-])c(C(F)(F)F)c4)CC3)CC2)cc1. The average Bonchev–Trinajstić information content (AvgIpc) is 2.91. The maximum atomic E-state index is 13.3. The highest BCUT2D eigenvalue weighted by atomic mass is 19.4. The first-order chi connectivity index (χ1) is 18.8. The van der Waals surface area contributed by atoms with E-state index in [1.165, 1.54) is 17.3 Å². The number of likely N-dealkylation sites (tertiary alicyclic amines) is 1. The third-order valence-corrected chi connectivity index (χ3v) is 7.68. The van der Waals surface area contributed by atoms with Gasteiger partial charge >= 0.3 is 6.18 Å². The van der Waals surface area contributed by atoms with E-state index in [2.05, 4.69) is 54.8 Å². The van der Waals surface area contributed by atoms with Gasteiger partial charge in [0.05, 0.1) is 4.92 Å². The van der Waals surface area contributed by atoms with Crippen molar-refractivity contribution in [3.8, 4) is 5.75 Å². The number of carbonyl (C=O) groups is 1. The van der Waals surface area contributed by atoms with Crippen LogP contribution in [-0.2, 0) is 16.4 Å². The van der Waals surface area contributed by atoms with E-state index in [1.54, 1.807) is 4.90 Å². The number of halogens is 3. The molecule has 2 aromatic rings. The molecule has 0 atom stereocenters. The monoisotopic (exact) mass is 578 g/mol. The highest BCUT2D eigenvalue weighted by Gasteiger charge is 2.39. The van der Waals surface area contributed by atoms with Crippen LogP contribution >= 0.6 is 0 Å². The van der Waals surface area contributed by atoms with Crippen molar-refractivity contribution in [1.82, 2.24) is 9.80 Å². The fourth-order valence-electron chi connectivity index (χ4n) is 5.20. The molecule has 2 aromatic carbocycles. The molecule has 8 nitrogen and oxygen atoms in total. The van der Waals surface area contributed by atoms with Gasteiger partial charge in [-0.1, -0.05) is 40.3 Å². The van der Waals surface area contributed by atoms with E-state index < -0.39 is 22.4 Å². The number of hydrogen-bond donors (Lipinski definition) is 0. The van der Waals surface area contributed by atoms with Crippen LogP contribution in [0, 0.1) is 10.1 Å². The number of ether oxygens (including phenoxy) is 1. The van der Waals surface area contributed by atoms with E-state index in [9.17, 15) is 28.1 Å². The Hall–Kier alpha value is -3.34. The zero-order valence-electron chi connectivity index (χ0n) is 23.2.